The molecule has 20 heavy (non-hydrogen) atoms. The largest absolute Gasteiger partial charge is 0.375 e. The zero-order valence-electron chi connectivity index (χ0n) is 11.9. The SMILES string of the molecule is CO[C@@H]1CCC2CCC=C2N=C1SCc1ccccc1. The van der Waals surface area contributed by atoms with Crippen LogP contribution in [-0.4, -0.2) is 18.3 Å². The van der Waals surface area contributed by atoms with Crippen molar-refractivity contribution in [3.8, 4) is 0 Å². The molecule has 2 atom stereocenters. The molecule has 1 unspecified atom stereocenters. The quantitative estimate of drug-likeness (QED) is 0.820. The molecule has 0 bridgehead atoms. The molecule has 0 fully saturated rings. The van der Waals surface area contributed by atoms with E-state index in [0.717, 1.165) is 17.2 Å². The van der Waals surface area contributed by atoms with Gasteiger partial charge >= 0.3 is 0 Å². The van der Waals surface area contributed by atoms with Crippen LogP contribution in [0.25, 0.3) is 0 Å². The normalized spacial score (nSPS) is 25.6. The van der Waals surface area contributed by atoms with Crippen LogP contribution in [0.1, 0.15) is 31.2 Å². The summed E-state index contributed by atoms with van der Waals surface area (Å²) in [5.74, 6) is 1.64. The Morgan fingerprint density at radius 3 is 2.85 bits per heavy atom. The number of allylic oxidation sites excluding steroid dienone is 2. The van der Waals surface area contributed by atoms with E-state index >= 15 is 0 Å². The smallest absolute Gasteiger partial charge is 0.105 e. The summed E-state index contributed by atoms with van der Waals surface area (Å²) >= 11 is 1.83. The van der Waals surface area contributed by atoms with E-state index in [1.54, 1.807) is 7.11 Å². The van der Waals surface area contributed by atoms with Crippen molar-refractivity contribution >= 4 is 16.8 Å². The molecule has 0 saturated heterocycles. The first kappa shape index (κ1) is 13.9. The minimum absolute atomic E-state index is 0.176. The average Bonchev–Trinajstić information content (AvgIpc) is 2.86. The molecule has 1 aliphatic carbocycles. The Balaban J connectivity index is 1.73. The second-order valence-corrected chi connectivity index (χ2v) is 6.42. The third-order valence-corrected chi connectivity index (χ3v) is 5.22. The molecule has 1 heterocycles. The highest BCUT2D eigenvalue weighted by molar-refractivity contribution is 8.13. The Bertz CT molecular complexity index is 509. The first-order valence-electron chi connectivity index (χ1n) is 7.35. The molecule has 3 rings (SSSR count). The van der Waals surface area contributed by atoms with Gasteiger partial charge in [0, 0.05) is 24.5 Å². The molecule has 0 spiro atoms. The maximum atomic E-state index is 5.66. The zero-order valence-corrected chi connectivity index (χ0v) is 12.7. The number of nitrogens with zero attached hydrogens (tertiary/aromatic N) is 1. The van der Waals surface area contributed by atoms with Crippen molar-refractivity contribution in [2.45, 2.75) is 37.5 Å². The lowest BCUT2D eigenvalue weighted by Crippen LogP contribution is -2.19. The third kappa shape index (κ3) is 3.15. The molecular weight excluding hydrogens is 266 g/mol. The Morgan fingerprint density at radius 1 is 1.20 bits per heavy atom. The van der Waals surface area contributed by atoms with Gasteiger partial charge in [-0.25, -0.2) is 4.99 Å². The molecule has 0 radical (unpaired) electrons. The first-order chi connectivity index (χ1) is 9.86. The van der Waals surface area contributed by atoms with Crippen LogP contribution >= 0.6 is 11.8 Å². The monoisotopic (exact) mass is 287 g/mol. The molecule has 0 amide bonds. The Morgan fingerprint density at radius 2 is 2.05 bits per heavy atom. The van der Waals surface area contributed by atoms with E-state index < -0.39 is 0 Å². The van der Waals surface area contributed by atoms with Crippen molar-refractivity contribution in [3.05, 3.63) is 47.7 Å². The van der Waals surface area contributed by atoms with Crippen LogP contribution in [-0.2, 0) is 10.5 Å². The fourth-order valence-corrected chi connectivity index (χ4v) is 4.00. The summed E-state index contributed by atoms with van der Waals surface area (Å²) in [5.41, 5.74) is 2.65. The minimum Gasteiger partial charge on any atom is -0.375 e. The van der Waals surface area contributed by atoms with Gasteiger partial charge in [0.1, 0.15) is 11.1 Å². The van der Waals surface area contributed by atoms with Crippen molar-refractivity contribution in [3.63, 3.8) is 0 Å². The van der Waals surface area contributed by atoms with Gasteiger partial charge in [0.25, 0.3) is 0 Å². The molecule has 1 aromatic carbocycles. The van der Waals surface area contributed by atoms with Crippen molar-refractivity contribution in [1.29, 1.82) is 0 Å². The van der Waals surface area contributed by atoms with Crippen LogP contribution in [0.2, 0.25) is 0 Å². The fraction of sp³-hybridized carbons (Fsp3) is 0.471. The van der Waals surface area contributed by atoms with Gasteiger partial charge in [-0.15, -0.1) is 11.8 Å². The summed E-state index contributed by atoms with van der Waals surface area (Å²) in [6.45, 7) is 0. The predicted octanol–water partition coefficient (Wildman–Crippen LogP) is 4.42. The van der Waals surface area contributed by atoms with E-state index in [4.69, 9.17) is 9.73 Å². The lowest BCUT2D eigenvalue weighted by atomic mass is 10.00. The molecule has 1 aliphatic heterocycles. The van der Waals surface area contributed by atoms with Gasteiger partial charge in [-0.3, -0.25) is 0 Å². The fourth-order valence-electron chi connectivity index (χ4n) is 2.93. The molecule has 0 saturated carbocycles. The van der Waals surface area contributed by atoms with Gasteiger partial charge in [0.15, 0.2) is 0 Å². The molecule has 0 N–H and O–H groups in total. The van der Waals surface area contributed by atoms with E-state index in [9.17, 15) is 0 Å². The predicted molar refractivity (Wildman–Crippen MR) is 86.0 cm³/mol. The molecule has 3 heteroatoms. The number of rotatable bonds is 3. The van der Waals surface area contributed by atoms with E-state index in [0.29, 0.717) is 5.92 Å². The van der Waals surface area contributed by atoms with Gasteiger partial charge in [-0.2, -0.15) is 0 Å². The van der Waals surface area contributed by atoms with Crippen LogP contribution in [0.15, 0.2) is 47.1 Å². The lowest BCUT2D eigenvalue weighted by molar-refractivity contribution is 0.147. The minimum atomic E-state index is 0.176. The number of hydrogen-bond donors (Lipinski definition) is 0. The van der Waals surface area contributed by atoms with Crippen molar-refractivity contribution < 1.29 is 4.74 Å². The van der Waals surface area contributed by atoms with Crippen molar-refractivity contribution in [2.75, 3.05) is 7.11 Å². The molecule has 106 valence electrons. The van der Waals surface area contributed by atoms with Crippen LogP contribution in [0.3, 0.4) is 0 Å². The topological polar surface area (TPSA) is 21.6 Å². The molecule has 0 aromatic heterocycles. The summed E-state index contributed by atoms with van der Waals surface area (Å²) < 4.78 is 5.66. The molecule has 2 aliphatic rings. The standard InChI is InChI=1S/C17H21NOS/c1-19-16-11-10-14-8-5-9-15(14)18-17(16)20-12-13-6-3-2-4-7-13/h2-4,6-7,9,14,16H,5,8,10-12H2,1H3/t14?,16-/m1/s1. The summed E-state index contributed by atoms with van der Waals surface area (Å²) in [6.07, 6.45) is 7.26. The highest BCUT2D eigenvalue weighted by atomic mass is 32.2. The lowest BCUT2D eigenvalue weighted by Gasteiger charge is -2.15. The number of fused-ring (bicyclic) bond motifs is 1. The number of benzene rings is 1. The van der Waals surface area contributed by atoms with Gasteiger partial charge in [0.2, 0.25) is 0 Å². The Hall–Kier alpha value is -1.06. The number of thioether (sulfide) groups is 1. The average molecular weight is 287 g/mol. The Labute approximate surface area is 125 Å². The summed E-state index contributed by atoms with van der Waals surface area (Å²) in [6, 6.07) is 10.6. The zero-order chi connectivity index (χ0) is 13.8. The molecule has 2 nitrogen and oxygen atoms in total. The van der Waals surface area contributed by atoms with Crippen molar-refractivity contribution in [2.24, 2.45) is 10.9 Å². The second kappa shape index (κ2) is 6.59. The van der Waals surface area contributed by atoms with E-state index in [2.05, 4.69) is 36.4 Å². The highest BCUT2D eigenvalue weighted by Crippen LogP contribution is 2.36. The third-order valence-electron chi connectivity index (χ3n) is 4.09. The van der Waals surface area contributed by atoms with Crippen LogP contribution < -0.4 is 0 Å². The van der Waals surface area contributed by atoms with Crippen LogP contribution in [0, 0.1) is 5.92 Å². The number of hydrogen-bond acceptors (Lipinski definition) is 3. The maximum absolute atomic E-state index is 5.66. The Kier molecular flexibility index (Phi) is 4.58. The summed E-state index contributed by atoms with van der Waals surface area (Å²) in [4.78, 5) is 4.92. The maximum Gasteiger partial charge on any atom is 0.105 e. The van der Waals surface area contributed by atoms with Crippen molar-refractivity contribution in [1.82, 2.24) is 0 Å². The summed E-state index contributed by atoms with van der Waals surface area (Å²) in [5, 5.41) is 1.16. The van der Waals surface area contributed by atoms with E-state index in [1.807, 2.05) is 11.8 Å². The van der Waals surface area contributed by atoms with Gasteiger partial charge < -0.3 is 4.74 Å². The van der Waals surface area contributed by atoms with Gasteiger partial charge in [-0.1, -0.05) is 36.4 Å². The van der Waals surface area contributed by atoms with Crippen LogP contribution in [0.5, 0.6) is 0 Å². The number of methoxy groups -OCH3 is 1. The van der Waals surface area contributed by atoms with E-state index in [-0.39, 0.29) is 6.10 Å². The number of ether oxygens (including phenoxy) is 1. The highest BCUT2D eigenvalue weighted by Gasteiger charge is 2.27. The molecular formula is C17H21NOS. The van der Waals surface area contributed by atoms with Crippen LogP contribution in [0.4, 0.5) is 0 Å². The van der Waals surface area contributed by atoms with E-state index in [1.165, 1.54) is 30.5 Å². The second-order valence-electron chi connectivity index (χ2n) is 5.43. The first-order valence-corrected chi connectivity index (χ1v) is 8.33. The summed E-state index contributed by atoms with van der Waals surface area (Å²) in [7, 11) is 1.80. The van der Waals surface area contributed by atoms with Gasteiger partial charge in [-0.05, 0) is 31.2 Å². The van der Waals surface area contributed by atoms with Gasteiger partial charge in [0.05, 0.1) is 0 Å². The molecule has 1 aromatic rings. The number of aliphatic imine (C=N–C) groups is 1.